The lowest BCUT2D eigenvalue weighted by Crippen LogP contribution is -2.57. The first kappa shape index (κ1) is 26.4. The van der Waals surface area contributed by atoms with Crippen LogP contribution in [0.3, 0.4) is 0 Å². The highest BCUT2D eigenvalue weighted by atomic mass is 19.4. The Morgan fingerprint density at radius 1 is 0.974 bits per heavy atom. The molecule has 2 unspecified atom stereocenters. The second-order valence-electron chi connectivity index (χ2n) is 13.7. The zero-order chi connectivity index (χ0) is 27.0. The van der Waals surface area contributed by atoms with Gasteiger partial charge in [0.2, 0.25) is 5.91 Å². The molecule has 6 bridgehead atoms. The van der Waals surface area contributed by atoms with E-state index in [1.165, 1.54) is 57.9 Å². The lowest BCUT2D eigenvalue weighted by molar-refractivity contribution is -0.192. The maximum atomic E-state index is 13.3. The molecule has 5 aliphatic carbocycles. The van der Waals surface area contributed by atoms with Gasteiger partial charge in [-0.1, -0.05) is 0 Å². The molecule has 3 N–H and O–H groups in total. The first-order valence-electron chi connectivity index (χ1n) is 14.5. The van der Waals surface area contributed by atoms with Crippen molar-refractivity contribution in [2.45, 2.75) is 113 Å². The molecule has 6 atom stereocenters. The van der Waals surface area contributed by atoms with Gasteiger partial charge in [0.1, 0.15) is 6.04 Å². The third-order valence-electron chi connectivity index (χ3n) is 11.1. The predicted octanol–water partition coefficient (Wildman–Crippen LogP) is 3.92. The van der Waals surface area contributed by atoms with Gasteiger partial charge < -0.3 is 15.7 Å². The molecule has 7 nitrogen and oxygen atoms in total. The van der Waals surface area contributed by atoms with E-state index in [1.807, 2.05) is 4.90 Å². The Morgan fingerprint density at radius 3 is 1.97 bits per heavy atom. The summed E-state index contributed by atoms with van der Waals surface area (Å²) in [6, 6.07) is 3.32. The van der Waals surface area contributed by atoms with Gasteiger partial charge in [-0.05, 0) is 112 Å². The lowest BCUT2D eigenvalue weighted by atomic mass is 9.49. The molecular formula is C28H39F3N4O3. The number of hydrogen-bond donors (Lipinski definition) is 2. The summed E-state index contributed by atoms with van der Waals surface area (Å²) in [5, 5.41) is 16.6. The van der Waals surface area contributed by atoms with E-state index in [0.29, 0.717) is 35.4 Å². The molecule has 3 saturated heterocycles. The highest BCUT2D eigenvalue weighted by Gasteiger charge is 2.57. The number of rotatable bonds is 4. The van der Waals surface area contributed by atoms with Crippen molar-refractivity contribution in [3.8, 4) is 6.07 Å². The minimum absolute atomic E-state index is 0.0792. The standard InChI is InChI=1S/C26H38N4O.C2HF3O2/c27-13-22-6-18-9-23(18)30(22)25(31)24(28)19-7-20-1-2-21(8-19)29(20)14-26-10-15-3-16(11-26)5-17(4-15)12-26;3-2(4,5)1(6)7/h15-24H,1-12,14,28H2;(H,6,7)/t15?,16?,17?,18-,19?,20?,21?,22+,23+,24+,26?;/m1./s1. The number of nitrogens with two attached hydrogens (primary N) is 1. The number of halogens is 3. The second-order valence-corrected chi connectivity index (χ2v) is 13.7. The number of fused-ring (bicyclic) bond motifs is 3. The maximum absolute atomic E-state index is 13.3. The average molecular weight is 537 g/mol. The number of hydrogen-bond acceptors (Lipinski definition) is 5. The fourth-order valence-electron chi connectivity index (χ4n) is 10.0. The third kappa shape index (κ3) is 4.72. The number of carbonyl (C=O) groups excluding carboxylic acids is 1. The van der Waals surface area contributed by atoms with Crippen LogP contribution in [-0.4, -0.2) is 69.7 Å². The number of nitriles is 1. The Kier molecular flexibility index (Phi) is 6.50. The summed E-state index contributed by atoms with van der Waals surface area (Å²) in [4.78, 5) is 27.0. The highest BCUT2D eigenvalue weighted by Crippen LogP contribution is 2.61. The summed E-state index contributed by atoms with van der Waals surface area (Å²) in [5.74, 6) is 1.25. The Morgan fingerprint density at radius 2 is 1.50 bits per heavy atom. The van der Waals surface area contributed by atoms with E-state index in [-0.39, 0.29) is 11.9 Å². The predicted molar refractivity (Wildman–Crippen MR) is 131 cm³/mol. The van der Waals surface area contributed by atoms with Crippen LogP contribution in [0.1, 0.15) is 77.0 Å². The van der Waals surface area contributed by atoms with Crippen LogP contribution < -0.4 is 5.73 Å². The van der Waals surface area contributed by atoms with Crippen molar-refractivity contribution in [3.05, 3.63) is 0 Å². The second kappa shape index (κ2) is 9.36. The molecule has 0 aromatic heterocycles. The minimum Gasteiger partial charge on any atom is -0.475 e. The van der Waals surface area contributed by atoms with E-state index >= 15 is 0 Å². The molecule has 10 heteroatoms. The molecule has 8 fully saturated rings. The number of nitrogens with zero attached hydrogens (tertiary/aromatic N) is 3. The van der Waals surface area contributed by atoms with Crippen molar-refractivity contribution in [2.75, 3.05) is 6.54 Å². The van der Waals surface area contributed by atoms with Crippen LogP contribution in [0.25, 0.3) is 0 Å². The minimum atomic E-state index is -5.08. The quantitative estimate of drug-likeness (QED) is 0.564. The number of carboxylic acids is 1. The SMILES string of the molecule is N#C[C@@H]1C[C@@H]2C[C@@H]2N1C(=O)[C@@H](N)C1CC2CCC(C1)N2CC12CC3CC(CC(C3)C1)C2.O=C(O)C(F)(F)F. The van der Waals surface area contributed by atoms with Crippen LogP contribution in [0.4, 0.5) is 13.2 Å². The van der Waals surface area contributed by atoms with Gasteiger partial charge in [-0.25, -0.2) is 4.79 Å². The molecule has 0 radical (unpaired) electrons. The molecule has 3 aliphatic heterocycles. The first-order chi connectivity index (χ1) is 18.0. The number of amides is 1. The van der Waals surface area contributed by atoms with E-state index < -0.39 is 18.2 Å². The molecule has 8 rings (SSSR count). The largest absolute Gasteiger partial charge is 0.490 e. The van der Waals surface area contributed by atoms with E-state index in [0.717, 1.165) is 43.4 Å². The van der Waals surface area contributed by atoms with Gasteiger partial charge in [0.15, 0.2) is 0 Å². The number of alkyl halides is 3. The van der Waals surface area contributed by atoms with Gasteiger partial charge in [0.05, 0.1) is 12.1 Å². The molecule has 0 aromatic carbocycles. The molecule has 1 amide bonds. The van der Waals surface area contributed by atoms with Crippen LogP contribution in [0.5, 0.6) is 0 Å². The Labute approximate surface area is 221 Å². The molecule has 5 saturated carbocycles. The summed E-state index contributed by atoms with van der Waals surface area (Å²) < 4.78 is 31.7. The van der Waals surface area contributed by atoms with Gasteiger partial charge in [0.25, 0.3) is 0 Å². The van der Waals surface area contributed by atoms with Crippen molar-refractivity contribution in [1.82, 2.24) is 9.80 Å². The average Bonchev–Trinajstić information content (AvgIpc) is 3.45. The van der Waals surface area contributed by atoms with Crippen molar-refractivity contribution >= 4 is 11.9 Å². The van der Waals surface area contributed by atoms with Crippen molar-refractivity contribution in [3.63, 3.8) is 0 Å². The summed E-state index contributed by atoms with van der Waals surface area (Å²) in [5.41, 5.74) is 7.24. The number of carboxylic acid groups (broad SMARTS) is 1. The van der Waals surface area contributed by atoms with Gasteiger partial charge in [-0.2, -0.15) is 18.4 Å². The van der Waals surface area contributed by atoms with Crippen molar-refractivity contribution in [1.29, 1.82) is 5.26 Å². The Hall–Kier alpha value is -1.86. The smallest absolute Gasteiger partial charge is 0.475 e. The molecule has 3 heterocycles. The van der Waals surface area contributed by atoms with Crippen molar-refractivity contribution in [2.24, 2.45) is 40.7 Å². The van der Waals surface area contributed by atoms with Crippen LogP contribution in [0.2, 0.25) is 0 Å². The zero-order valence-electron chi connectivity index (χ0n) is 21.8. The lowest BCUT2D eigenvalue weighted by Gasteiger charge is -2.59. The zero-order valence-corrected chi connectivity index (χ0v) is 21.8. The highest BCUT2D eigenvalue weighted by molar-refractivity contribution is 5.84. The van der Waals surface area contributed by atoms with Crippen LogP contribution in [0, 0.1) is 46.3 Å². The summed E-state index contributed by atoms with van der Waals surface area (Å²) in [7, 11) is 0. The normalized spacial score (nSPS) is 45.1. The number of piperidine rings is 2. The topological polar surface area (TPSA) is 111 Å². The van der Waals surface area contributed by atoms with Gasteiger partial charge in [-0.3, -0.25) is 9.69 Å². The summed E-state index contributed by atoms with van der Waals surface area (Å²) in [6.45, 7) is 1.33. The Balaban J connectivity index is 0.000000337. The van der Waals surface area contributed by atoms with E-state index in [2.05, 4.69) is 11.0 Å². The number of likely N-dealkylation sites (tertiary alicyclic amines) is 1. The molecule has 8 aliphatic rings. The monoisotopic (exact) mass is 536 g/mol. The molecule has 210 valence electrons. The van der Waals surface area contributed by atoms with E-state index in [4.69, 9.17) is 15.6 Å². The summed E-state index contributed by atoms with van der Waals surface area (Å²) >= 11 is 0. The summed E-state index contributed by atoms with van der Waals surface area (Å²) in [6.07, 6.45) is 10.7. The van der Waals surface area contributed by atoms with Crippen LogP contribution >= 0.6 is 0 Å². The number of aliphatic carboxylic acids is 1. The molecule has 0 aromatic rings. The number of carbonyl (C=O) groups is 2. The van der Waals surface area contributed by atoms with E-state index in [9.17, 15) is 23.2 Å². The van der Waals surface area contributed by atoms with Gasteiger partial charge in [0, 0.05) is 24.7 Å². The van der Waals surface area contributed by atoms with E-state index in [1.54, 1.807) is 0 Å². The van der Waals surface area contributed by atoms with Gasteiger partial charge >= 0.3 is 12.1 Å². The third-order valence-corrected chi connectivity index (χ3v) is 11.1. The van der Waals surface area contributed by atoms with Crippen molar-refractivity contribution < 1.29 is 27.9 Å². The Bertz CT molecular complexity index is 963. The molecular weight excluding hydrogens is 497 g/mol. The first-order valence-corrected chi connectivity index (χ1v) is 14.5. The fourth-order valence-corrected chi connectivity index (χ4v) is 10.0. The maximum Gasteiger partial charge on any atom is 0.490 e. The molecule has 0 spiro atoms. The fraction of sp³-hybridized carbons (Fsp3) is 0.893. The van der Waals surface area contributed by atoms with Crippen LogP contribution in [-0.2, 0) is 9.59 Å². The van der Waals surface area contributed by atoms with Gasteiger partial charge in [-0.15, -0.1) is 0 Å². The molecule has 38 heavy (non-hydrogen) atoms. The van der Waals surface area contributed by atoms with Crippen LogP contribution in [0.15, 0.2) is 0 Å².